The highest BCUT2D eigenvalue weighted by molar-refractivity contribution is 7.89. The highest BCUT2D eigenvalue weighted by Gasteiger charge is 2.17. The molecule has 0 spiro atoms. The fourth-order valence-corrected chi connectivity index (χ4v) is 2.61. The molecular formula is C12H12FNO3S. The minimum Gasteiger partial charge on any atom is -0.469 e. The third kappa shape index (κ3) is 2.96. The monoisotopic (exact) mass is 269 g/mol. The molecule has 2 rings (SSSR count). The van der Waals surface area contributed by atoms with Crippen molar-refractivity contribution in [2.24, 2.45) is 0 Å². The fourth-order valence-electron chi connectivity index (χ4n) is 1.50. The summed E-state index contributed by atoms with van der Waals surface area (Å²) in [5.41, 5.74) is 0. The molecule has 0 unspecified atom stereocenters. The van der Waals surface area contributed by atoms with Crippen LogP contribution in [0.5, 0.6) is 0 Å². The zero-order valence-electron chi connectivity index (χ0n) is 9.47. The van der Waals surface area contributed by atoms with Crippen LogP contribution >= 0.6 is 0 Å². The summed E-state index contributed by atoms with van der Waals surface area (Å²) in [4.78, 5) is -0.343. The molecular weight excluding hydrogens is 257 g/mol. The van der Waals surface area contributed by atoms with Crippen molar-refractivity contribution < 1.29 is 17.2 Å². The lowest BCUT2D eigenvalue weighted by atomic mass is 10.3. The highest BCUT2D eigenvalue weighted by Crippen LogP contribution is 2.13. The minimum atomic E-state index is -3.81. The summed E-state index contributed by atoms with van der Waals surface area (Å²) in [6, 6.07) is 8.73. The zero-order valence-corrected chi connectivity index (χ0v) is 10.3. The van der Waals surface area contributed by atoms with Crippen LogP contribution in [0.1, 0.15) is 5.76 Å². The van der Waals surface area contributed by atoms with Crippen molar-refractivity contribution in [3.8, 4) is 0 Å². The maximum absolute atomic E-state index is 13.3. The van der Waals surface area contributed by atoms with Gasteiger partial charge in [0, 0.05) is 13.0 Å². The second kappa shape index (κ2) is 5.32. The largest absolute Gasteiger partial charge is 0.469 e. The first-order valence-corrected chi connectivity index (χ1v) is 6.84. The van der Waals surface area contributed by atoms with Crippen molar-refractivity contribution in [1.82, 2.24) is 4.72 Å². The van der Waals surface area contributed by atoms with Crippen LogP contribution in [0.2, 0.25) is 0 Å². The van der Waals surface area contributed by atoms with Gasteiger partial charge in [-0.05, 0) is 24.3 Å². The molecule has 0 saturated carbocycles. The molecule has 1 aromatic heterocycles. The predicted octanol–water partition coefficient (Wildman–Crippen LogP) is 1.94. The molecule has 0 amide bonds. The Labute approximate surface area is 104 Å². The van der Waals surface area contributed by atoms with Gasteiger partial charge in [-0.2, -0.15) is 0 Å². The van der Waals surface area contributed by atoms with E-state index in [1.165, 1.54) is 24.5 Å². The van der Waals surface area contributed by atoms with Gasteiger partial charge in [0.05, 0.1) is 6.26 Å². The van der Waals surface area contributed by atoms with Crippen LogP contribution in [0.15, 0.2) is 52.0 Å². The van der Waals surface area contributed by atoms with Crippen molar-refractivity contribution in [1.29, 1.82) is 0 Å². The summed E-state index contributed by atoms with van der Waals surface area (Å²) in [6.07, 6.45) is 1.93. The van der Waals surface area contributed by atoms with E-state index in [9.17, 15) is 12.8 Å². The summed E-state index contributed by atoms with van der Waals surface area (Å²) in [6.45, 7) is 0.157. The summed E-state index contributed by atoms with van der Waals surface area (Å²) >= 11 is 0. The number of hydrogen-bond donors (Lipinski definition) is 1. The molecule has 0 radical (unpaired) electrons. The Morgan fingerprint density at radius 1 is 1.17 bits per heavy atom. The molecule has 0 atom stereocenters. The van der Waals surface area contributed by atoms with E-state index in [1.807, 2.05) is 0 Å². The Balaban J connectivity index is 2.02. The van der Waals surface area contributed by atoms with Gasteiger partial charge in [-0.25, -0.2) is 17.5 Å². The fraction of sp³-hybridized carbons (Fsp3) is 0.167. The van der Waals surface area contributed by atoms with Gasteiger partial charge in [-0.15, -0.1) is 0 Å². The molecule has 4 nitrogen and oxygen atoms in total. The van der Waals surface area contributed by atoms with E-state index >= 15 is 0 Å². The molecule has 18 heavy (non-hydrogen) atoms. The normalized spacial score (nSPS) is 11.6. The van der Waals surface area contributed by atoms with Crippen LogP contribution in [0.25, 0.3) is 0 Å². The predicted molar refractivity (Wildman–Crippen MR) is 64.0 cm³/mol. The molecule has 2 aromatic rings. The van der Waals surface area contributed by atoms with Crippen LogP contribution < -0.4 is 4.72 Å². The molecule has 0 fully saturated rings. The second-order valence-corrected chi connectivity index (χ2v) is 5.39. The van der Waals surface area contributed by atoms with Crippen LogP contribution in [0, 0.1) is 5.82 Å². The van der Waals surface area contributed by atoms with E-state index in [-0.39, 0.29) is 11.4 Å². The summed E-state index contributed by atoms with van der Waals surface area (Å²) in [5.74, 6) is -0.0887. The number of nitrogens with one attached hydrogen (secondary N) is 1. The van der Waals surface area contributed by atoms with Crippen LogP contribution in [0.4, 0.5) is 4.39 Å². The van der Waals surface area contributed by atoms with Crippen LogP contribution in [-0.2, 0) is 16.4 Å². The molecule has 96 valence electrons. The van der Waals surface area contributed by atoms with Crippen molar-refractivity contribution in [2.75, 3.05) is 6.54 Å². The number of rotatable bonds is 5. The van der Waals surface area contributed by atoms with Gasteiger partial charge in [0.25, 0.3) is 0 Å². The summed E-state index contributed by atoms with van der Waals surface area (Å²) < 4.78 is 44.3. The highest BCUT2D eigenvalue weighted by atomic mass is 32.2. The number of sulfonamides is 1. The van der Waals surface area contributed by atoms with Crippen LogP contribution in [-0.4, -0.2) is 15.0 Å². The number of furan rings is 1. The first-order valence-electron chi connectivity index (χ1n) is 5.36. The van der Waals surface area contributed by atoms with E-state index in [0.29, 0.717) is 12.2 Å². The van der Waals surface area contributed by atoms with E-state index in [1.54, 1.807) is 12.1 Å². The SMILES string of the molecule is O=S(=O)(NCCc1ccco1)c1ccccc1F. The van der Waals surface area contributed by atoms with E-state index in [0.717, 1.165) is 6.07 Å². The average Bonchev–Trinajstić information content (AvgIpc) is 2.82. The Bertz CT molecular complexity index is 608. The first kappa shape index (κ1) is 12.8. The number of halogens is 1. The van der Waals surface area contributed by atoms with Crippen molar-refractivity contribution in [2.45, 2.75) is 11.3 Å². The lowest BCUT2D eigenvalue weighted by molar-refractivity contribution is 0.505. The van der Waals surface area contributed by atoms with E-state index < -0.39 is 15.8 Å². The van der Waals surface area contributed by atoms with Gasteiger partial charge in [-0.3, -0.25) is 0 Å². The Morgan fingerprint density at radius 2 is 1.94 bits per heavy atom. The molecule has 1 N–H and O–H groups in total. The van der Waals surface area contributed by atoms with E-state index in [2.05, 4.69) is 4.72 Å². The maximum atomic E-state index is 13.3. The molecule has 0 aliphatic carbocycles. The zero-order chi connectivity index (χ0) is 13.0. The minimum absolute atomic E-state index is 0.157. The Kier molecular flexibility index (Phi) is 3.78. The topological polar surface area (TPSA) is 59.3 Å². The van der Waals surface area contributed by atoms with Gasteiger partial charge in [0.15, 0.2) is 0 Å². The first-order chi connectivity index (χ1) is 8.59. The molecule has 1 heterocycles. The average molecular weight is 269 g/mol. The van der Waals surface area contributed by atoms with Gasteiger partial charge in [0.1, 0.15) is 16.5 Å². The van der Waals surface area contributed by atoms with Gasteiger partial charge in [-0.1, -0.05) is 12.1 Å². The number of hydrogen-bond acceptors (Lipinski definition) is 3. The Morgan fingerprint density at radius 3 is 2.61 bits per heavy atom. The molecule has 1 aromatic carbocycles. The standard InChI is InChI=1S/C12H12FNO3S/c13-11-5-1-2-6-12(11)18(15,16)14-8-7-10-4-3-9-17-10/h1-6,9,14H,7-8H2. The molecule has 6 heteroatoms. The van der Waals surface area contributed by atoms with E-state index in [4.69, 9.17) is 4.42 Å². The molecule has 0 bridgehead atoms. The van der Waals surface area contributed by atoms with Gasteiger partial charge < -0.3 is 4.42 Å². The van der Waals surface area contributed by atoms with Crippen LogP contribution in [0.3, 0.4) is 0 Å². The molecule has 0 aliphatic heterocycles. The third-order valence-corrected chi connectivity index (χ3v) is 3.86. The van der Waals surface area contributed by atoms with Crippen molar-refractivity contribution in [3.63, 3.8) is 0 Å². The number of benzene rings is 1. The van der Waals surface area contributed by atoms with Gasteiger partial charge >= 0.3 is 0 Å². The molecule has 0 saturated heterocycles. The maximum Gasteiger partial charge on any atom is 0.243 e. The van der Waals surface area contributed by atoms with Gasteiger partial charge in [0.2, 0.25) is 10.0 Å². The van der Waals surface area contributed by atoms with Crippen molar-refractivity contribution >= 4 is 10.0 Å². The Hall–Kier alpha value is -1.66. The summed E-state index contributed by atoms with van der Waals surface area (Å²) in [7, 11) is -3.81. The summed E-state index contributed by atoms with van der Waals surface area (Å²) in [5, 5.41) is 0. The smallest absolute Gasteiger partial charge is 0.243 e. The quantitative estimate of drug-likeness (QED) is 0.902. The van der Waals surface area contributed by atoms with Crippen molar-refractivity contribution in [3.05, 3.63) is 54.2 Å². The lowest BCUT2D eigenvalue weighted by Crippen LogP contribution is -2.26. The molecule has 0 aliphatic rings. The second-order valence-electron chi connectivity index (χ2n) is 3.66. The lowest BCUT2D eigenvalue weighted by Gasteiger charge is -2.06. The third-order valence-electron chi connectivity index (χ3n) is 2.37.